The minimum absolute atomic E-state index is 0.0514. The minimum atomic E-state index is -0.0591. The molecular formula is C12H16FN. The van der Waals surface area contributed by atoms with E-state index in [9.17, 15) is 4.39 Å². The Kier molecular flexibility index (Phi) is 2.31. The van der Waals surface area contributed by atoms with E-state index >= 15 is 0 Å². The Morgan fingerprint density at radius 2 is 2.14 bits per heavy atom. The van der Waals surface area contributed by atoms with Gasteiger partial charge in [-0.15, -0.1) is 0 Å². The first-order valence-electron chi connectivity index (χ1n) is 5.10. The SMILES string of the molecule is CC1(C)CCNCc2cccc(F)c21. The molecule has 0 atom stereocenters. The molecule has 0 unspecified atom stereocenters. The van der Waals surface area contributed by atoms with Crippen molar-refractivity contribution in [3.8, 4) is 0 Å². The number of benzene rings is 1. The van der Waals surface area contributed by atoms with E-state index in [0.717, 1.165) is 30.6 Å². The third-order valence-electron chi connectivity index (χ3n) is 3.02. The molecule has 76 valence electrons. The van der Waals surface area contributed by atoms with Crippen LogP contribution in [0.4, 0.5) is 4.39 Å². The molecule has 0 aromatic heterocycles. The summed E-state index contributed by atoms with van der Waals surface area (Å²) in [6, 6.07) is 5.36. The van der Waals surface area contributed by atoms with Gasteiger partial charge in [0.1, 0.15) is 5.82 Å². The maximum Gasteiger partial charge on any atom is 0.127 e. The summed E-state index contributed by atoms with van der Waals surface area (Å²) in [6.07, 6.45) is 0.987. The largest absolute Gasteiger partial charge is 0.313 e. The standard InChI is InChI=1S/C12H16FN/c1-12(2)6-7-14-8-9-4-3-5-10(13)11(9)12/h3-5,14H,6-8H2,1-2H3. The number of rotatable bonds is 0. The summed E-state index contributed by atoms with van der Waals surface area (Å²) in [6.45, 7) is 5.97. The zero-order valence-electron chi connectivity index (χ0n) is 8.73. The summed E-state index contributed by atoms with van der Waals surface area (Å²) >= 11 is 0. The van der Waals surface area contributed by atoms with Crippen LogP contribution in [0.15, 0.2) is 18.2 Å². The van der Waals surface area contributed by atoms with Crippen molar-refractivity contribution in [1.29, 1.82) is 0 Å². The minimum Gasteiger partial charge on any atom is -0.313 e. The molecule has 0 spiro atoms. The molecule has 1 aliphatic heterocycles. The molecule has 0 saturated carbocycles. The Morgan fingerprint density at radius 1 is 1.36 bits per heavy atom. The van der Waals surface area contributed by atoms with E-state index in [1.54, 1.807) is 12.1 Å². The zero-order valence-corrected chi connectivity index (χ0v) is 8.73. The van der Waals surface area contributed by atoms with E-state index < -0.39 is 0 Å². The molecule has 0 fully saturated rings. The predicted molar refractivity (Wildman–Crippen MR) is 55.7 cm³/mol. The second-order valence-corrected chi connectivity index (χ2v) is 4.58. The predicted octanol–water partition coefficient (Wildman–Crippen LogP) is 2.60. The highest BCUT2D eigenvalue weighted by Crippen LogP contribution is 2.33. The number of hydrogen-bond donors (Lipinski definition) is 1. The van der Waals surface area contributed by atoms with Crippen molar-refractivity contribution in [1.82, 2.24) is 5.32 Å². The van der Waals surface area contributed by atoms with Crippen molar-refractivity contribution in [2.75, 3.05) is 6.54 Å². The first kappa shape index (κ1) is 9.66. The molecule has 2 rings (SSSR count). The van der Waals surface area contributed by atoms with E-state index in [1.165, 1.54) is 0 Å². The Balaban J connectivity index is 2.58. The molecule has 1 aromatic rings. The maximum atomic E-state index is 13.7. The number of fused-ring (bicyclic) bond motifs is 1. The normalized spacial score (nSPS) is 19.9. The highest BCUT2D eigenvalue weighted by atomic mass is 19.1. The van der Waals surface area contributed by atoms with E-state index in [2.05, 4.69) is 19.2 Å². The highest BCUT2D eigenvalue weighted by Gasteiger charge is 2.28. The van der Waals surface area contributed by atoms with Crippen molar-refractivity contribution < 1.29 is 4.39 Å². The summed E-state index contributed by atoms with van der Waals surface area (Å²) in [4.78, 5) is 0. The average molecular weight is 193 g/mol. The summed E-state index contributed by atoms with van der Waals surface area (Å²) in [5.74, 6) is -0.0591. The van der Waals surface area contributed by atoms with Crippen LogP contribution in [0, 0.1) is 5.82 Å². The van der Waals surface area contributed by atoms with E-state index in [1.807, 2.05) is 6.07 Å². The topological polar surface area (TPSA) is 12.0 Å². The van der Waals surface area contributed by atoms with Gasteiger partial charge >= 0.3 is 0 Å². The molecule has 1 nitrogen and oxygen atoms in total. The van der Waals surface area contributed by atoms with Crippen LogP contribution < -0.4 is 5.32 Å². The van der Waals surface area contributed by atoms with Gasteiger partial charge in [-0.2, -0.15) is 0 Å². The Hall–Kier alpha value is -0.890. The second-order valence-electron chi connectivity index (χ2n) is 4.58. The van der Waals surface area contributed by atoms with Crippen LogP contribution in [-0.4, -0.2) is 6.54 Å². The van der Waals surface area contributed by atoms with Crippen LogP contribution in [0.1, 0.15) is 31.4 Å². The van der Waals surface area contributed by atoms with Gasteiger partial charge in [-0.05, 0) is 35.6 Å². The molecule has 0 bridgehead atoms. The Labute approximate surface area is 84.3 Å². The van der Waals surface area contributed by atoms with Crippen molar-refractivity contribution in [3.63, 3.8) is 0 Å². The fraction of sp³-hybridized carbons (Fsp3) is 0.500. The average Bonchev–Trinajstić information content (AvgIpc) is 2.25. The molecule has 2 heteroatoms. The lowest BCUT2D eigenvalue weighted by atomic mass is 9.79. The smallest absolute Gasteiger partial charge is 0.127 e. The quantitative estimate of drug-likeness (QED) is 0.667. The van der Waals surface area contributed by atoms with Gasteiger partial charge in [0.05, 0.1) is 0 Å². The van der Waals surface area contributed by atoms with Crippen LogP contribution in [0.25, 0.3) is 0 Å². The Morgan fingerprint density at radius 3 is 2.93 bits per heavy atom. The molecule has 0 amide bonds. The van der Waals surface area contributed by atoms with Gasteiger partial charge in [0.2, 0.25) is 0 Å². The molecule has 1 aliphatic rings. The zero-order chi connectivity index (χ0) is 10.2. The summed E-state index contributed by atoms with van der Waals surface area (Å²) in [5, 5.41) is 3.32. The van der Waals surface area contributed by atoms with E-state index in [0.29, 0.717) is 0 Å². The summed E-state index contributed by atoms with van der Waals surface area (Å²) < 4.78 is 13.7. The van der Waals surface area contributed by atoms with Crippen molar-refractivity contribution >= 4 is 0 Å². The lowest BCUT2D eigenvalue weighted by Gasteiger charge is -2.25. The monoisotopic (exact) mass is 193 g/mol. The maximum absolute atomic E-state index is 13.7. The molecule has 1 heterocycles. The molecular weight excluding hydrogens is 177 g/mol. The van der Waals surface area contributed by atoms with E-state index in [4.69, 9.17) is 0 Å². The molecule has 14 heavy (non-hydrogen) atoms. The first-order chi connectivity index (χ1) is 6.61. The third kappa shape index (κ3) is 1.55. The molecule has 0 saturated heterocycles. The summed E-state index contributed by atoms with van der Waals surface area (Å²) in [5.41, 5.74) is 1.95. The van der Waals surface area contributed by atoms with Gasteiger partial charge in [0.15, 0.2) is 0 Å². The van der Waals surface area contributed by atoms with Gasteiger partial charge in [0, 0.05) is 6.54 Å². The second kappa shape index (κ2) is 3.35. The van der Waals surface area contributed by atoms with Gasteiger partial charge in [-0.3, -0.25) is 0 Å². The molecule has 1 N–H and O–H groups in total. The number of hydrogen-bond acceptors (Lipinski definition) is 1. The fourth-order valence-corrected chi connectivity index (χ4v) is 2.22. The lowest BCUT2D eigenvalue weighted by molar-refractivity contribution is 0.452. The van der Waals surface area contributed by atoms with Crippen LogP contribution in [0.3, 0.4) is 0 Å². The fourth-order valence-electron chi connectivity index (χ4n) is 2.22. The van der Waals surface area contributed by atoms with Gasteiger partial charge in [0.25, 0.3) is 0 Å². The molecule has 1 aromatic carbocycles. The molecule has 0 radical (unpaired) electrons. The van der Waals surface area contributed by atoms with Crippen LogP contribution >= 0.6 is 0 Å². The van der Waals surface area contributed by atoms with Crippen LogP contribution in [-0.2, 0) is 12.0 Å². The third-order valence-corrected chi connectivity index (χ3v) is 3.02. The number of nitrogens with one attached hydrogen (secondary N) is 1. The van der Waals surface area contributed by atoms with Gasteiger partial charge < -0.3 is 5.32 Å². The summed E-state index contributed by atoms with van der Waals surface area (Å²) in [7, 11) is 0. The highest BCUT2D eigenvalue weighted by molar-refractivity contribution is 5.35. The number of halogens is 1. The van der Waals surface area contributed by atoms with Crippen molar-refractivity contribution in [2.45, 2.75) is 32.2 Å². The first-order valence-corrected chi connectivity index (χ1v) is 5.10. The van der Waals surface area contributed by atoms with Gasteiger partial charge in [-0.1, -0.05) is 26.0 Å². The lowest BCUT2D eigenvalue weighted by Crippen LogP contribution is -2.21. The van der Waals surface area contributed by atoms with E-state index in [-0.39, 0.29) is 11.2 Å². The van der Waals surface area contributed by atoms with Crippen molar-refractivity contribution in [3.05, 3.63) is 35.1 Å². The van der Waals surface area contributed by atoms with Crippen LogP contribution in [0.5, 0.6) is 0 Å². The Bertz CT molecular complexity index is 344. The van der Waals surface area contributed by atoms with Crippen LogP contribution in [0.2, 0.25) is 0 Å². The van der Waals surface area contributed by atoms with Crippen molar-refractivity contribution in [2.24, 2.45) is 0 Å². The van der Waals surface area contributed by atoms with Gasteiger partial charge in [-0.25, -0.2) is 4.39 Å². The molecule has 0 aliphatic carbocycles.